The van der Waals surface area contributed by atoms with Crippen molar-refractivity contribution in [2.75, 3.05) is 11.9 Å². The molecule has 0 heterocycles. The van der Waals surface area contributed by atoms with Crippen LogP contribution in [0.15, 0.2) is 30.3 Å². The Hall–Kier alpha value is -1.96. The molecule has 1 aliphatic carbocycles. The van der Waals surface area contributed by atoms with E-state index in [2.05, 4.69) is 63.3 Å². The van der Waals surface area contributed by atoms with Gasteiger partial charge in [0.05, 0.1) is 0 Å². The van der Waals surface area contributed by atoms with Crippen molar-refractivity contribution in [1.82, 2.24) is 0 Å². The Kier molecular flexibility index (Phi) is 9.51. The van der Waals surface area contributed by atoms with Gasteiger partial charge in [-0.15, -0.1) is 0 Å². The Balaban J connectivity index is 1.91. The predicted molar refractivity (Wildman–Crippen MR) is 139 cm³/mol. The molecule has 0 aliphatic heterocycles. The lowest BCUT2D eigenvalue weighted by Gasteiger charge is -2.27. The first-order valence-corrected chi connectivity index (χ1v) is 13.3. The van der Waals surface area contributed by atoms with Crippen LogP contribution in [0.4, 0.5) is 5.69 Å². The smallest absolute Gasteiger partial charge is 0.122 e. The first-order valence-electron chi connectivity index (χ1n) is 13.3. The second-order valence-corrected chi connectivity index (χ2v) is 9.93. The van der Waals surface area contributed by atoms with Crippen LogP contribution in [0.5, 0.6) is 5.75 Å². The highest BCUT2D eigenvalue weighted by Gasteiger charge is 2.24. The van der Waals surface area contributed by atoms with Gasteiger partial charge in [-0.2, -0.15) is 0 Å². The molecular weight excluding hydrogens is 390 g/mol. The summed E-state index contributed by atoms with van der Waals surface area (Å²) in [6.07, 6.45) is 12.8. The number of phenolic OH excluding ortho intramolecular Hbond substituents is 1. The van der Waals surface area contributed by atoms with Gasteiger partial charge in [-0.1, -0.05) is 96.9 Å². The van der Waals surface area contributed by atoms with Crippen LogP contribution < -0.4 is 5.32 Å². The van der Waals surface area contributed by atoms with Gasteiger partial charge in [-0.3, -0.25) is 0 Å². The van der Waals surface area contributed by atoms with E-state index in [-0.39, 0.29) is 0 Å². The molecule has 1 aliphatic rings. The van der Waals surface area contributed by atoms with Gasteiger partial charge >= 0.3 is 0 Å². The Labute approximate surface area is 196 Å². The topological polar surface area (TPSA) is 32.3 Å². The molecule has 0 saturated heterocycles. The molecule has 176 valence electrons. The fourth-order valence-electron chi connectivity index (χ4n) is 5.27. The maximum Gasteiger partial charge on any atom is 0.122 e. The molecule has 2 heteroatoms. The average Bonchev–Trinajstić information content (AvgIpc) is 2.83. The summed E-state index contributed by atoms with van der Waals surface area (Å²) in [6, 6.07) is 11.0. The summed E-state index contributed by atoms with van der Waals surface area (Å²) in [5.41, 5.74) is 7.67. The lowest BCUT2D eigenvalue weighted by atomic mass is 9.81. The first kappa shape index (κ1) is 24.7. The highest BCUT2D eigenvalue weighted by Crippen LogP contribution is 2.41. The fourth-order valence-corrected chi connectivity index (χ4v) is 5.27. The SMILES string of the molecule is CCCCC(CC)CNc1cc(CC(CC)CCCC)c(O)c2c1Cc1ccccc1C2. The Bertz CT molecular complexity index is 856. The molecule has 2 unspecified atom stereocenters. The van der Waals surface area contributed by atoms with Gasteiger partial charge in [0.25, 0.3) is 0 Å². The molecule has 0 spiro atoms. The Morgan fingerprint density at radius 2 is 1.44 bits per heavy atom. The number of hydrogen-bond acceptors (Lipinski definition) is 2. The summed E-state index contributed by atoms with van der Waals surface area (Å²) in [5.74, 6) is 1.93. The average molecular weight is 436 g/mol. The van der Waals surface area contributed by atoms with Crippen molar-refractivity contribution in [3.8, 4) is 5.75 Å². The van der Waals surface area contributed by atoms with Gasteiger partial charge in [-0.05, 0) is 53.0 Å². The highest BCUT2D eigenvalue weighted by atomic mass is 16.3. The van der Waals surface area contributed by atoms with Crippen molar-refractivity contribution >= 4 is 5.69 Å². The maximum atomic E-state index is 11.4. The number of benzene rings is 2. The van der Waals surface area contributed by atoms with Gasteiger partial charge in [0, 0.05) is 30.6 Å². The van der Waals surface area contributed by atoms with Crippen LogP contribution in [0.3, 0.4) is 0 Å². The minimum Gasteiger partial charge on any atom is -0.507 e. The molecule has 0 saturated carbocycles. The molecule has 2 atom stereocenters. The van der Waals surface area contributed by atoms with Crippen LogP contribution >= 0.6 is 0 Å². The molecule has 2 aromatic rings. The van der Waals surface area contributed by atoms with Crippen molar-refractivity contribution in [2.45, 2.75) is 98.3 Å². The van der Waals surface area contributed by atoms with Crippen LogP contribution in [0, 0.1) is 11.8 Å². The standard InChI is InChI=1S/C30H45NO/c1-5-9-13-22(7-3)17-26-20-29(31-21-23(8-4)14-10-6-2)27-18-24-15-11-12-16-25(24)19-28(27)30(26)32/h11-12,15-16,20,22-23,31-32H,5-10,13-14,17-19,21H2,1-4H3. The number of phenols is 1. The van der Waals surface area contributed by atoms with E-state index in [1.807, 2.05) is 0 Å². The zero-order valence-corrected chi connectivity index (χ0v) is 21.0. The van der Waals surface area contributed by atoms with Gasteiger partial charge in [-0.25, -0.2) is 0 Å². The number of fused-ring (bicyclic) bond motifs is 2. The second-order valence-electron chi connectivity index (χ2n) is 9.93. The van der Waals surface area contributed by atoms with Gasteiger partial charge in [0.15, 0.2) is 0 Å². The van der Waals surface area contributed by atoms with E-state index in [9.17, 15) is 5.11 Å². The quantitative estimate of drug-likeness (QED) is 0.265. The number of rotatable bonds is 13. The maximum absolute atomic E-state index is 11.4. The third-order valence-electron chi connectivity index (χ3n) is 7.63. The highest BCUT2D eigenvalue weighted by molar-refractivity contribution is 5.66. The minimum absolute atomic E-state index is 0.563. The molecule has 0 aromatic heterocycles. The molecule has 0 radical (unpaired) electrons. The van der Waals surface area contributed by atoms with Crippen LogP contribution in [0.25, 0.3) is 0 Å². The number of anilines is 1. The largest absolute Gasteiger partial charge is 0.507 e. The summed E-state index contributed by atoms with van der Waals surface area (Å²) in [6.45, 7) is 10.2. The molecule has 0 fully saturated rings. The number of nitrogens with one attached hydrogen (secondary N) is 1. The van der Waals surface area contributed by atoms with Crippen molar-refractivity contribution in [3.05, 3.63) is 58.1 Å². The van der Waals surface area contributed by atoms with E-state index in [0.717, 1.165) is 36.9 Å². The predicted octanol–water partition coefficient (Wildman–Crippen LogP) is 8.27. The van der Waals surface area contributed by atoms with Crippen molar-refractivity contribution < 1.29 is 5.11 Å². The zero-order chi connectivity index (χ0) is 22.9. The van der Waals surface area contributed by atoms with Crippen LogP contribution in [-0.2, 0) is 19.3 Å². The Morgan fingerprint density at radius 1 is 0.844 bits per heavy atom. The van der Waals surface area contributed by atoms with Gasteiger partial charge < -0.3 is 10.4 Å². The molecule has 0 bridgehead atoms. The van der Waals surface area contributed by atoms with Crippen molar-refractivity contribution in [3.63, 3.8) is 0 Å². The lowest BCUT2D eigenvalue weighted by Crippen LogP contribution is -2.18. The number of hydrogen-bond donors (Lipinski definition) is 2. The minimum atomic E-state index is 0.563. The zero-order valence-electron chi connectivity index (χ0n) is 21.0. The monoisotopic (exact) mass is 435 g/mol. The normalized spacial score (nSPS) is 14.5. The van der Waals surface area contributed by atoms with E-state index in [4.69, 9.17) is 0 Å². The van der Waals surface area contributed by atoms with E-state index < -0.39 is 0 Å². The van der Waals surface area contributed by atoms with E-state index >= 15 is 0 Å². The third-order valence-corrected chi connectivity index (χ3v) is 7.63. The second kappa shape index (κ2) is 12.3. The first-order chi connectivity index (χ1) is 15.6. The molecule has 32 heavy (non-hydrogen) atoms. The van der Waals surface area contributed by atoms with E-state index in [1.54, 1.807) is 0 Å². The molecule has 3 rings (SSSR count). The summed E-state index contributed by atoms with van der Waals surface area (Å²) in [4.78, 5) is 0. The molecule has 2 aromatic carbocycles. The van der Waals surface area contributed by atoms with Gasteiger partial charge in [0.1, 0.15) is 5.75 Å². The summed E-state index contributed by atoms with van der Waals surface area (Å²) < 4.78 is 0. The lowest BCUT2D eigenvalue weighted by molar-refractivity contribution is 0.423. The number of unbranched alkanes of at least 4 members (excludes halogenated alkanes) is 2. The molecule has 2 N–H and O–H groups in total. The summed E-state index contributed by atoms with van der Waals surface area (Å²) >= 11 is 0. The van der Waals surface area contributed by atoms with Gasteiger partial charge in [0.2, 0.25) is 0 Å². The van der Waals surface area contributed by atoms with Crippen LogP contribution in [-0.4, -0.2) is 11.7 Å². The Morgan fingerprint density at radius 3 is 2.03 bits per heavy atom. The third kappa shape index (κ3) is 6.09. The van der Waals surface area contributed by atoms with Crippen molar-refractivity contribution in [1.29, 1.82) is 0 Å². The molecule has 0 amide bonds. The van der Waals surface area contributed by atoms with E-state index in [1.165, 1.54) is 73.7 Å². The van der Waals surface area contributed by atoms with E-state index in [0.29, 0.717) is 17.6 Å². The summed E-state index contributed by atoms with van der Waals surface area (Å²) in [5, 5.41) is 15.2. The van der Waals surface area contributed by atoms with Crippen LogP contribution in [0.1, 0.15) is 107 Å². The van der Waals surface area contributed by atoms with Crippen molar-refractivity contribution in [2.24, 2.45) is 11.8 Å². The summed E-state index contributed by atoms with van der Waals surface area (Å²) in [7, 11) is 0. The molecular formula is C30H45NO. The fraction of sp³-hybridized carbons (Fsp3) is 0.600. The van der Waals surface area contributed by atoms with Crippen LogP contribution in [0.2, 0.25) is 0 Å². The molecule has 2 nitrogen and oxygen atoms in total. The number of aromatic hydroxyl groups is 1.